The van der Waals surface area contributed by atoms with E-state index in [0.717, 1.165) is 5.56 Å². The van der Waals surface area contributed by atoms with Gasteiger partial charge < -0.3 is 24.1 Å². The highest BCUT2D eigenvalue weighted by Gasteiger charge is 2.53. The van der Waals surface area contributed by atoms with Crippen LogP contribution < -0.4 is 0 Å². The van der Waals surface area contributed by atoms with E-state index in [4.69, 9.17) is 18.9 Å². The van der Waals surface area contributed by atoms with Crippen LogP contribution in [0.4, 0.5) is 4.79 Å². The number of rotatable bonds is 6. The Balaban J connectivity index is 2.30. The maximum absolute atomic E-state index is 13.0. The molecule has 1 heterocycles. The average molecular weight is 480 g/mol. The Kier molecular flexibility index (Phi) is 8.37. The molecule has 0 bridgehead atoms. The van der Waals surface area contributed by atoms with Crippen molar-refractivity contribution in [3.05, 3.63) is 35.9 Å². The molecule has 1 N–H and O–H groups in total. The highest BCUT2D eigenvalue weighted by molar-refractivity contribution is 5.96. The maximum atomic E-state index is 13.0. The molecule has 1 saturated heterocycles. The molecule has 34 heavy (non-hydrogen) atoms. The first-order chi connectivity index (χ1) is 15.5. The van der Waals surface area contributed by atoms with Crippen molar-refractivity contribution in [3.63, 3.8) is 0 Å². The van der Waals surface area contributed by atoms with Crippen molar-refractivity contribution in [1.29, 1.82) is 0 Å². The third-order valence-electron chi connectivity index (χ3n) is 4.98. The molecule has 1 aromatic carbocycles. The lowest BCUT2D eigenvalue weighted by molar-refractivity contribution is -0.181. The number of hydrogen-bond donors (Lipinski definition) is 1. The van der Waals surface area contributed by atoms with Gasteiger partial charge in [0.2, 0.25) is 0 Å². The smallest absolute Gasteiger partial charge is 0.412 e. The van der Waals surface area contributed by atoms with Crippen LogP contribution in [0, 0.1) is 5.92 Å². The molecule has 1 unspecified atom stereocenters. The van der Waals surface area contributed by atoms with E-state index in [1.807, 2.05) is 30.3 Å². The number of esters is 2. The topological polar surface area (TPSA) is 112 Å². The predicted octanol–water partition coefficient (Wildman–Crippen LogP) is 3.42. The summed E-state index contributed by atoms with van der Waals surface area (Å²) in [7, 11) is 0. The van der Waals surface area contributed by atoms with Gasteiger partial charge in [0.15, 0.2) is 5.92 Å². The molecule has 0 aromatic heterocycles. The molecular formula is C25H37NO8. The fourth-order valence-corrected chi connectivity index (χ4v) is 3.56. The van der Waals surface area contributed by atoms with Gasteiger partial charge in [0.1, 0.15) is 29.6 Å². The Hall–Kier alpha value is -2.65. The van der Waals surface area contributed by atoms with Gasteiger partial charge in [-0.25, -0.2) is 4.79 Å². The standard InChI is InChI=1S/C25H37NO8/c1-23(2,3)33-20(28)18(21(29)34-24(4,5)6)19(27)17-15-32-25(7,8)26(17)22(30)31-14-16-12-10-9-11-13-16/h9-13,17-19,27H,14-15H2,1-8H3/t17-,19?/m1/s1. The quantitative estimate of drug-likeness (QED) is 0.375. The van der Waals surface area contributed by atoms with Gasteiger partial charge >= 0.3 is 18.0 Å². The molecule has 9 heteroatoms. The fourth-order valence-electron chi connectivity index (χ4n) is 3.56. The van der Waals surface area contributed by atoms with Crippen LogP contribution in [-0.2, 0) is 35.1 Å². The normalized spacial score (nSPS) is 19.0. The molecule has 0 aliphatic carbocycles. The second kappa shape index (κ2) is 10.3. The largest absolute Gasteiger partial charge is 0.459 e. The summed E-state index contributed by atoms with van der Waals surface area (Å²) < 4.78 is 22.0. The summed E-state index contributed by atoms with van der Waals surface area (Å²) in [5.74, 6) is -3.58. The zero-order chi connectivity index (χ0) is 25.9. The predicted molar refractivity (Wildman–Crippen MR) is 123 cm³/mol. The Labute approximate surface area is 201 Å². The number of amides is 1. The molecule has 1 aliphatic heterocycles. The van der Waals surface area contributed by atoms with Crippen molar-refractivity contribution in [2.45, 2.75) is 91.1 Å². The number of benzene rings is 1. The second-order valence-electron chi connectivity index (χ2n) is 10.8. The lowest BCUT2D eigenvalue weighted by Gasteiger charge is -2.36. The molecule has 1 aliphatic rings. The Morgan fingerprint density at radius 2 is 1.53 bits per heavy atom. The van der Waals surface area contributed by atoms with E-state index >= 15 is 0 Å². The van der Waals surface area contributed by atoms with E-state index in [1.54, 1.807) is 55.4 Å². The van der Waals surface area contributed by atoms with Gasteiger partial charge in [-0.05, 0) is 61.0 Å². The molecule has 1 fully saturated rings. The average Bonchev–Trinajstić information content (AvgIpc) is 2.99. The summed E-state index contributed by atoms with van der Waals surface area (Å²) in [5.41, 5.74) is -2.18. The third-order valence-corrected chi connectivity index (χ3v) is 4.98. The van der Waals surface area contributed by atoms with Crippen LogP contribution in [0.25, 0.3) is 0 Å². The van der Waals surface area contributed by atoms with Crippen LogP contribution >= 0.6 is 0 Å². The first-order valence-electron chi connectivity index (χ1n) is 11.3. The van der Waals surface area contributed by atoms with Crippen LogP contribution in [0.15, 0.2) is 30.3 Å². The summed E-state index contributed by atoms with van der Waals surface area (Å²) in [6, 6.07) is 8.07. The number of aliphatic hydroxyl groups is 1. The molecule has 2 rings (SSSR count). The zero-order valence-electron chi connectivity index (χ0n) is 21.3. The van der Waals surface area contributed by atoms with E-state index in [9.17, 15) is 19.5 Å². The van der Waals surface area contributed by atoms with Crippen molar-refractivity contribution in [3.8, 4) is 0 Å². The van der Waals surface area contributed by atoms with Crippen molar-refractivity contribution in [1.82, 2.24) is 4.90 Å². The molecule has 190 valence electrons. The van der Waals surface area contributed by atoms with Gasteiger partial charge in [-0.15, -0.1) is 0 Å². The molecule has 0 saturated carbocycles. The molecule has 0 spiro atoms. The van der Waals surface area contributed by atoms with Crippen LogP contribution in [-0.4, -0.2) is 63.7 Å². The molecule has 2 atom stereocenters. The first-order valence-corrected chi connectivity index (χ1v) is 11.3. The number of aliphatic hydroxyl groups excluding tert-OH is 1. The minimum Gasteiger partial charge on any atom is -0.459 e. The Morgan fingerprint density at radius 3 is 2.00 bits per heavy atom. The first kappa shape index (κ1) is 27.6. The van der Waals surface area contributed by atoms with Gasteiger partial charge in [-0.1, -0.05) is 30.3 Å². The fraction of sp³-hybridized carbons (Fsp3) is 0.640. The lowest BCUT2D eigenvalue weighted by atomic mass is 9.94. The lowest BCUT2D eigenvalue weighted by Crippen LogP contribution is -2.56. The number of ether oxygens (including phenoxy) is 4. The summed E-state index contributed by atoms with van der Waals surface area (Å²) >= 11 is 0. The number of carbonyl (C=O) groups is 3. The summed E-state index contributed by atoms with van der Waals surface area (Å²) in [4.78, 5) is 40.2. The van der Waals surface area contributed by atoms with Crippen molar-refractivity contribution >= 4 is 18.0 Å². The number of hydrogen-bond acceptors (Lipinski definition) is 8. The SMILES string of the molecule is CC(C)(C)OC(=O)C(C(=O)OC(C)(C)C)C(O)[C@H]1COC(C)(C)N1C(=O)OCc1ccccc1. The van der Waals surface area contributed by atoms with Gasteiger partial charge in [0, 0.05) is 0 Å². The van der Waals surface area contributed by atoms with Gasteiger partial charge in [0.25, 0.3) is 0 Å². The molecular weight excluding hydrogens is 442 g/mol. The highest BCUT2D eigenvalue weighted by Crippen LogP contribution is 2.33. The molecule has 9 nitrogen and oxygen atoms in total. The second-order valence-corrected chi connectivity index (χ2v) is 10.8. The Bertz CT molecular complexity index is 841. The van der Waals surface area contributed by atoms with Crippen molar-refractivity contribution in [2.24, 2.45) is 5.92 Å². The van der Waals surface area contributed by atoms with Gasteiger partial charge in [-0.2, -0.15) is 0 Å². The molecule has 1 amide bonds. The van der Waals surface area contributed by atoms with E-state index < -0.39 is 53.0 Å². The van der Waals surface area contributed by atoms with E-state index in [0.29, 0.717) is 0 Å². The van der Waals surface area contributed by atoms with Gasteiger partial charge in [-0.3, -0.25) is 14.5 Å². The van der Waals surface area contributed by atoms with E-state index in [-0.39, 0.29) is 13.2 Å². The summed E-state index contributed by atoms with van der Waals surface area (Å²) in [6.45, 7) is 13.1. The van der Waals surface area contributed by atoms with Crippen molar-refractivity contribution < 1.29 is 38.4 Å². The van der Waals surface area contributed by atoms with Crippen LogP contribution in [0.3, 0.4) is 0 Å². The third kappa shape index (κ3) is 7.43. The Morgan fingerprint density at radius 1 is 1.03 bits per heavy atom. The maximum Gasteiger partial charge on any atom is 0.412 e. The molecule has 1 aromatic rings. The summed E-state index contributed by atoms with van der Waals surface area (Å²) in [6.07, 6.45) is -2.40. The minimum absolute atomic E-state index is 0.0105. The highest BCUT2D eigenvalue weighted by atomic mass is 16.6. The van der Waals surface area contributed by atoms with Gasteiger partial charge in [0.05, 0.1) is 12.6 Å². The van der Waals surface area contributed by atoms with E-state index in [1.165, 1.54) is 4.90 Å². The summed E-state index contributed by atoms with van der Waals surface area (Å²) in [5, 5.41) is 11.2. The minimum atomic E-state index is -1.69. The zero-order valence-corrected chi connectivity index (χ0v) is 21.3. The number of nitrogens with zero attached hydrogens (tertiary/aromatic N) is 1. The molecule has 0 radical (unpaired) electrons. The van der Waals surface area contributed by atoms with E-state index in [2.05, 4.69) is 0 Å². The number of carbonyl (C=O) groups excluding carboxylic acids is 3. The van der Waals surface area contributed by atoms with Crippen LogP contribution in [0.5, 0.6) is 0 Å². The van der Waals surface area contributed by atoms with Crippen molar-refractivity contribution in [2.75, 3.05) is 6.61 Å². The monoisotopic (exact) mass is 479 g/mol. The van der Waals surface area contributed by atoms with Crippen LogP contribution in [0.2, 0.25) is 0 Å². The van der Waals surface area contributed by atoms with Crippen LogP contribution in [0.1, 0.15) is 61.0 Å².